The van der Waals surface area contributed by atoms with E-state index in [1.54, 1.807) is 27.0 Å². The molecule has 2 aliphatic rings. The Balaban J connectivity index is 1.40. The largest absolute Gasteiger partial charge is 0.416 e. The number of benzene rings is 1. The smallest absolute Gasteiger partial charge is 0.399 e. The fourth-order valence-corrected chi connectivity index (χ4v) is 5.79. The van der Waals surface area contributed by atoms with Crippen molar-refractivity contribution in [2.24, 2.45) is 13.0 Å². The minimum atomic E-state index is -4.53. The molecule has 1 aromatic carbocycles. The van der Waals surface area contributed by atoms with E-state index in [4.69, 9.17) is 5.73 Å². The molecule has 5 rings (SSSR count). The summed E-state index contributed by atoms with van der Waals surface area (Å²) in [5, 5.41) is 3.79. The van der Waals surface area contributed by atoms with Crippen LogP contribution in [0, 0.1) is 12.8 Å². The van der Waals surface area contributed by atoms with Crippen molar-refractivity contribution < 1.29 is 18.0 Å². The molecule has 0 unspecified atom stereocenters. The van der Waals surface area contributed by atoms with Gasteiger partial charge in [-0.05, 0) is 63.6 Å². The maximum atomic E-state index is 13.5. The fourth-order valence-electron chi connectivity index (χ4n) is 5.79. The number of aromatic nitrogens is 3. The molecule has 0 radical (unpaired) electrons. The molecule has 4 heterocycles. The van der Waals surface area contributed by atoms with Crippen LogP contribution in [0.5, 0.6) is 0 Å². The van der Waals surface area contributed by atoms with Crippen LogP contribution in [0.3, 0.4) is 0 Å². The molecule has 0 spiro atoms. The number of carbonyl (C=O) groups is 1. The number of carbonyl (C=O) groups excluding carboxylic acids is 1. The number of pyridine rings is 1. The molecule has 1 atom stereocenters. The molecule has 2 aliphatic heterocycles. The van der Waals surface area contributed by atoms with E-state index in [1.165, 1.54) is 10.6 Å². The summed E-state index contributed by atoms with van der Waals surface area (Å²) in [6, 6.07) is 4.64. The van der Waals surface area contributed by atoms with Crippen molar-refractivity contribution in [2.75, 3.05) is 62.3 Å². The summed E-state index contributed by atoms with van der Waals surface area (Å²) in [6.45, 7) is 7.75. The zero-order chi connectivity index (χ0) is 30.3. The van der Waals surface area contributed by atoms with E-state index in [0.29, 0.717) is 59.9 Å². The summed E-state index contributed by atoms with van der Waals surface area (Å²) in [6.07, 6.45) is -3.23. The van der Waals surface area contributed by atoms with Gasteiger partial charge in [-0.2, -0.15) is 13.2 Å². The van der Waals surface area contributed by atoms with Gasteiger partial charge in [-0.25, -0.2) is 9.97 Å². The second kappa shape index (κ2) is 11.4. The first kappa shape index (κ1) is 29.6. The SMILES string of the molecule is Cc1nc(N[C@H](C)c2cc(N)cc(C(F)(F)F)c2)c2cc(N3CCC(C(=O)N4CCN(C)CC4)CC3)c(=O)n(C)c2n1. The van der Waals surface area contributed by atoms with Crippen LogP contribution >= 0.6 is 0 Å². The molecule has 2 saturated heterocycles. The summed E-state index contributed by atoms with van der Waals surface area (Å²) in [4.78, 5) is 41.8. The van der Waals surface area contributed by atoms with Gasteiger partial charge in [0.15, 0.2) is 0 Å². The molecule has 42 heavy (non-hydrogen) atoms. The van der Waals surface area contributed by atoms with E-state index in [-0.39, 0.29) is 23.1 Å². The first-order chi connectivity index (χ1) is 19.8. The summed E-state index contributed by atoms with van der Waals surface area (Å²) in [7, 11) is 3.70. The summed E-state index contributed by atoms with van der Waals surface area (Å²) < 4.78 is 41.7. The van der Waals surface area contributed by atoms with Crippen molar-refractivity contribution >= 4 is 34.1 Å². The molecular formula is C29H37F3N8O2. The number of nitrogen functional groups attached to an aromatic ring is 1. The lowest BCUT2D eigenvalue weighted by molar-refractivity contribution is -0.138. The summed E-state index contributed by atoms with van der Waals surface area (Å²) >= 11 is 0. The molecule has 0 saturated carbocycles. The zero-order valence-electron chi connectivity index (χ0n) is 24.3. The Bertz CT molecular complexity index is 1540. The van der Waals surface area contributed by atoms with E-state index < -0.39 is 17.8 Å². The molecule has 0 aliphatic carbocycles. The van der Waals surface area contributed by atoms with Gasteiger partial charge in [0.25, 0.3) is 5.56 Å². The Labute approximate surface area is 242 Å². The topological polar surface area (TPSA) is 113 Å². The maximum Gasteiger partial charge on any atom is 0.416 e. The molecule has 3 N–H and O–H groups in total. The quantitative estimate of drug-likeness (QED) is 0.438. The normalized spacial score (nSPS) is 18.0. The van der Waals surface area contributed by atoms with Gasteiger partial charge in [0.05, 0.1) is 17.0 Å². The number of piperidine rings is 1. The average molecular weight is 587 g/mol. The van der Waals surface area contributed by atoms with E-state index >= 15 is 0 Å². The number of amides is 1. The number of piperazine rings is 1. The second-order valence-electron chi connectivity index (χ2n) is 11.4. The Morgan fingerprint density at radius 1 is 1.02 bits per heavy atom. The third kappa shape index (κ3) is 6.01. The third-order valence-electron chi connectivity index (χ3n) is 8.32. The minimum Gasteiger partial charge on any atom is -0.399 e. The van der Waals surface area contributed by atoms with Crippen molar-refractivity contribution in [2.45, 2.75) is 38.9 Å². The van der Waals surface area contributed by atoms with Crippen molar-refractivity contribution in [1.82, 2.24) is 24.3 Å². The Morgan fingerprint density at radius 2 is 1.69 bits per heavy atom. The van der Waals surface area contributed by atoms with Crippen LogP contribution in [0.4, 0.5) is 30.4 Å². The Kier molecular flexibility index (Phi) is 8.06. The highest BCUT2D eigenvalue weighted by Gasteiger charge is 2.33. The summed E-state index contributed by atoms with van der Waals surface area (Å²) in [5.41, 5.74) is 6.00. The highest BCUT2D eigenvalue weighted by molar-refractivity contribution is 5.89. The number of nitrogens with two attached hydrogens (primary N) is 1. The number of fused-ring (bicyclic) bond motifs is 1. The number of halogens is 3. The van der Waals surface area contributed by atoms with Crippen LogP contribution in [-0.4, -0.2) is 76.6 Å². The number of aryl methyl sites for hydroxylation is 2. The number of nitrogens with zero attached hydrogens (tertiary/aromatic N) is 6. The molecule has 2 fully saturated rings. The van der Waals surface area contributed by atoms with E-state index in [0.717, 1.165) is 38.3 Å². The first-order valence-corrected chi connectivity index (χ1v) is 14.2. The van der Waals surface area contributed by atoms with Gasteiger partial charge in [0.1, 0.15) is 23.0 Å². The van der Waals surface area contributed by atoms with Gasteiger partial charge in [-0.1, -0.05) is 0 Å². The molecule has 13 heteroatoms. The van der Waals surface area contributed by atoms with Gasteiger partial charge in [0, 0.05) is 57.9 Å². The highest BCUT2D eigenvalue weighted by Crippen LogP contribution is 2.34. The number of nitrogens with one attached hydrogen (secondary N) is 1. The van der Waals surface area contributed by atoms with Crippen LogP contribution in [0.25, 0.3) is 11.0 Å². The van der Waals surface area contributed by atoms with Crippen LogP contribution in [0.2, 0.25) is 0 Å². The van der Waals surface area contributed by atoms with Crippen molar-refractivity contribution in [3.8, 4) is 0 Å². The van der Waals surface area contributed by atoms with Crippen molar-refractivity contribution in [3.05, 3.63) is 51.6 Å². The Hall–Kier alpha value is -3.87. The Morgan fingerprint density at radius 3 is 2.33 bits per heavy atom. The van der Waals surface area contributed by atoms with E-state index in [1.807, 2.05) is 9.80 Å². The van der Waals surface area contributed by atoms with E-state index in [2.05, 4.69) is 27.2 Å². The van der Waals surface area contributed by atoms with Crippen molar-refractivity contribution in [1.29, 1.82) is 0 Å². The lowest BCUT2D eigenvalue weighted by atomic mass is 9.94. The second-order valence-corrected chi connectivity index (χ2v) is 11.4. The average Bonchev–Trinajstić information content (AvgIpc) is 2.94. The molecule has 1 amide bonds. The van der Waals surface area contributed by atoms with Crippen LogP contribution in [0.15, 0.2) is 29.1 Å². The lowest BCUT2D eigenvalue weighted by Crippen LogP contribution is -2.50. The van der Waals surface area contributed by atoms with Crippen LogP contribution in [0.1, 0.15) is 42.8 Å². The first-order valence-electron chi connectivity index (χ1n) is 14.2. The highest BCUT2D eigenvalue weighted by atomic mass is 19.4. The molecule has 0 bridgehead atoms. The lowest BCUT2D eigenvalue weighted by Gasteiger charge is -2.38. The zero-order valence-corrected chi connectivity index (χ0v) is 24.3. The summed E-state index contributed by atoms with van der Waals surface area (Å²) in [5.74, 6) is 0.927. The molecular weight excluding hydrogens is 549 g/mol. The number of rotatable bonds is 5. The standard InChI is InChI=1S/C29H37F3N8O2/c1-17(20-13-21(29(30,31)32)15-22(33)14-20)34-25-23-16-24(28(42)38(4)26(23)36-18(2)35-25)39-7-5-19(6-8-39)27(41)40-11-9-37(3)10-12-40/h13-17,19H,5-12,33H2,1-4H3,(H,34,35,36)/t17-/m1/s1. The molecule has 3 aromatic rings. The fraction of sp³-hybridized carbons (Fsp3) is 0.517. The molecule has 2 aromatic heterocycles. The van der Waals surface area contributed by atoms with Gasteiger partial charge >= 0.3 is 6.18 Å². The maximum absolute atomic E-state index is 13.5. The van der Waals surface area contributed by atoms with Crippen molar-refractivity contribution in [3.63, 3.8) is 0 Å². The number of anilines is 3. The number of alkyl halides is 3. The van der Waals surface area contributed by atoms with Gasteiger partial charge < -0.3 is 25.8 Å². The number of likely N-dealkylation sites (N-methyl/N-ethyl adjacent to an activating group) is 1. The number of hydrogen-bond acceptors (Lipinski definition) is 8. The molecule has 226 valence electrons. The van der Waals surface area contributed by atoms with E-state index in [9.17, 15) is 22.8 Å². The monoisotopic (exact) mass is 586 g/mol. The molecule has 10 nitrogen and oxygen atoms in total. The van der Waals surface area contributed by atoms with Gasteiger partial charge in [-0.3, -0.25) is 14.2 Å². The van der Waals surface area contributed by atoms with Crippen LogP contribution < -0.4 is 21.5 Å². The predicted octanol–water partition coefficient (Wildman–Crippen LogP) is 3.40. The number of hydrogen-bond donors (Lipinski definition) is 2. The third-order valence-corrected chi connectivity index (χ3v) is 8.32. The van der Waals surface area contributed by atoms with Gasteiger partial charge in [0.2, 0.25) is 5.91 Å². The van der Waals surface area contributed by atoms with Crippen LogP contribution in [-0.2, 0) is 18.0 Å². The van der Waals surface area contributed by atoms with Gasteiger partial charge in [-0.15, -0.1) is 0 Å². The predicted molar refractivity (Wildman–Crippen MR) is 156 cm³/mol. The minimum absolute atomic E-state index is 0.0105.